The van der Waals surface area contributed by atoms with Crippen molar-refractivity contribution < 1.29 is 10.2 Å². The van der Waals surface area contributed by atoms with Crippen LogP contribution >= 0.6 is 0 Å². The van der Waals surface area contributed by atoms with Gasteiger partial charge in [0.2, 0.25) is 0 Å². The summed E-state index contributed by atoms with van der Waals surface area (Å²) in [5, 5.41) is 19.8. The topological polar surface area (TPSA) is 40.5 Å². The molecule has 1 unspecified atom stereocenters. The van der Waals surface area contributed by atoms with Crippen molar-refractivity contribution >= 4 is 0 Å². The van der Waals surface area contributed by atoms with Crippen LogP contribution in [0, 0.1) is 5.41 Å². The lowest BCUT2D eigenvalue weighted by Crippen LogP contribution is -2.47. The molecule has 0 saturated carbocycles. The van der Waals surface area contributed by atoms with E-state index in [1.54, 1.807) is 0 Å². The van der Waals surface area contributed by atoms with Crippen molar-refractivity contribution in [2.24, 2.45) is 5.41 Å². The Morgan fingerprint density at radius 2 is 2.19 bits per heavy atom. The van der Waals surface area contributed by atoms with Gasteiger partial charge < -0.3 is 10.2 Å². The molecule has 1 rings (SSSR count). The lowest BCUT2D eigenvalue weighted by Gasteiger charge is -2.47. The first-order valence-corrected chi connectivity index (χ1v) is 6.11. The van der Waals surface area contributed by atoms with E-state index < -0.39 is 5.60 Å². The molecule has 1 aliphatic rings. The van der Waals surface area contributed by atoms with Crippen molar-refractivity contribution in [2.75, 3.05) is 6.61 Å². The molecular weight excluding hydrogens is 200 g/mol. The van der Waals surface area contributed by atoms with Crippen molar-refractivity contribution in [3.63, 3.8) is 0 Å². The second-order valence-electron chi connectivity index (χ2n) is 5.23. The normalized spacial score (nSPS) is 28.6. The van der Waals surface area contributed by atoms with E-state index >= 15 is 0 Å². The predicted molar refractivity (Wildman–Crippen MR) is 67.2 cm³/mol. The van der Waals surface area contributed by atoms with Gasteiger partial charge in [0, 0.05) is 12.0 Å². The highest BCUT2D eigenvalue weighted by Crippen LogP contribution is 2.48. The van der Waals surface area contributed by atoms with Crippen LogP contribution in [-0.4, -0.2) is 22.4 Å². The third-order valence-corrected chi connectivity index (χ3v) is 4.06. The summed E-state index contributed by atoms with van der Waals surface area (Å²) in [4.78, 5) is 0. The first-order chi connectivity index (χ1) is 7.48. The van der Waals surface area contributed by atoms with Crippen molar-refractivity contribution in [2.45, 2.75) is 51.6 Å². The molecule has 2 N–H and O–H groups in total. The Hall–Kier alpha value is -0.600. The predicted octanol–water partition coefficient (Wildman–Crippen LogP) is 2.81. The summed E-state index contributed by atoms with van der Waals surface area (Å²) < 4.78 is 0. The van der Waals surface area contributed by atoms with Crippen LogP contribution in [0.4, 0.5) is 0 Å². The van der Waals surface area contributed by atoms with E-state index in [4.69, 9.17) is 5.11 Å². The lowest BCUT2D eigenvalue weighted by atomic mass is 9.62. The smallest absolute Gasteiger partial charge is 0.0741 e. The van der Waals surface area contributed by atoms with Gasteiger partial charge >= 0.3 is 0 Å². The number of rotatable bonds is 5. The molecule has 0 heterocycles. The molecule has 0 bridgehead atoms. The zero-order valence-corrected chi connectivity index (χ0v) is 10.5. The molecule has 0 radical (unpaired) electrons. The molecule has 0 fully saturated rings. The standard InChI is InChI=1S/C14H24O2/c1-4-5-9-14(16)10-6-7-12(8-11-15)13(14,2)3/h4,7,15-16H,1,5-6,8-11H2,2-3H3. The van der Waals surface area contributed by atoms with Gasteiger partial charge in [0.1, 0.15) is 0 Å². The Balaban J connectivity index is 2.88. The number of aliphatic hydroxyl groups excluding tert-OH is 1. The third kappa shape index (κ3) is 2.38. The van der Waals surface area contributed by atoms with Gasteiger partial charge in [0.15, 0.2) is 0 Å². The van der Waals surface area contributed by atoms with E-state index in [-0.39, 0.29) is 12.0 Å². The molecule has 1 aliphatic carbocycles. The molecule has 2 nitrogen and oxygen atoms in total. The molecule has 1 atom stereocenters. The van der Waals surface area contributed by atoms with E-state index in [2.05, 4.69) is 26.5 Å². The number of hydrogen-bond donors (Lipinski definition) is 2. The minimum absolute atomic E-state index is 0.160. The molecule has 0 spiro atoms. The van der Waals surface area contributed by atoms with Crippen molar-refractivity contribution in [3.8, 4) is 0 Å². The quantitative estimate of drug-likeness (QED) is 0.705. The number of allylic oxidation sites excluding steroid dienone is 2. The average molecular weight is 224 g/mol. The fourth-order valence-corrected chi connectivity index (χ4v) is 2.67. The average Bonchev–Trinajstić information content (AvgIpc) is 2.23. The molecule has 0 saturated heterocycles. The van der Waals surface area contributed by atoms with Gasteiger partial charge in [-0.3, -0.25) is 0 Å². The SMILES string of the molecule is C=CCCC1(O)CCC=C(CCO)C1(C)C. The third-order valence-electron chi connectivity index (χ3n) is 4.06. The fraction of sp³-hybridized carbons (Fsp3) is 0.714. The van der Waals surface area contributed by atoms with E-state index in [1.165, 1.54) is 5.57 Å². The highest BCUT2D eigenvalue weighted by Gasteiger charge is 2.46. The molecule has 92 valence electrons. The summed E-state index contributed by atoms with van der Waals surface area (Å²) in [7, 11) is 0. The van der Waals surface area contributed by atoms with Gasteiger partial charge in [-0.25, -0.2) is 0 Å². The molecule has 0 aromatic rings. The Morgan fingerprint density at radius 3 is 2.75 bits per heavy atom. The van der Waals surface area contributed by atoms with Crippen LogP contribution < -0.4 is 0 Å². The summed E-state index contributed by atoms with van der Waals surface area (Å²) in [6.07, 6.45) is 8.02. The summed E-state index contributed by atoms with van der Waals surface area (Å²) in [6, 6.07) is 0. The van der Waals surface area contributed by atoms with Gasteiger partial charge in [-0.1, -0.05) is 31.6 Å². The Morgan fingerprint density at radius 1 is 1.50 bits per heavy atom. The molecular formula is C14H24O2. The zero-order chi connectivity index (χ0) is 12.2. The second-order valence-corrected chi connectivity index (χ2v) is 5.23. The molecule has 16 heavy (non-hydrogen) atoms. The molecule has 0 aromatic carbocycles. The summed E-state index contributed by atoms with van der Waals surface area (Å²) >= 11 is 0. The Bertz CT molecular complexity index is 278. The molecule has 2 heteroatoms. The van der Waals surface area contributed by atoms with E-state index in [0.717, 1.165) is 25.7 Å². The van der Waals surface area contributed by atoms with E-state index in [9.17, 15) is 5.11 Å². The molecule has 0 aliphatic heterocycles. The van der Waals surface area contributed by atoms with E-state index in [0.29, 0.717) is 6.42 Å². The summed E-state index contributed by atoms with van der Waals surface area (Å²) in [6.45, 7) is 8.03. The van der Waals surface area contributed by atoms with Crippen LogP contribution in [-0.2, 0) is 0 Å². The van der Waals surface area contributed by atoms with Crippen molar-refractivity contribution in [1.29, 1.82) is 0 Å². The minimum atomic E-state index is -0.652. The van der Waals surface area contributed by atoms with Crippen LogP contribution in [0.25, 0.3) is 0 Å². The monoisotopic (exact) mass is 224 g/mol. The maximum Gasteiger partial charge on any atom is 0.0741 e. The first-order valence-electron chi connectivity index (χ1n) is 6.11. The summed E-state index contributed by atoms with van der Waals surface area (Å²) in [5.74, 6) is 0. The second kappa shape index (κ2) is 5.15. The fourth-order valence-electron chi connectivity index (χ4n) is 2.67. The van der Waals surface area contributed by atoms with Crippen LogP contribution in [0.5, 0.6) is 0 Å². The Labute approximate surface area is 98.7 Å². The van der Waals surface area contributed by atoms with Crippen molar-refractivity contribution in [1.82, 2.24) is 0 Å². The van der Waals surface area contributed by atoms with Crippen LogP contribution in [0.15, 0.2) is 24.3 Å². The highest BCUT2D eigenvalue weighted by atomic mass is 16.3. The van der Waals surface area contributed by atoms with Crippen LogP contribution in [0.3, 0.4) is 0 Å². The van der Waals surface area contributed by atoms with Gasteiger partial charge in [-0.2, -0.15) is 0 Å². The number of aliphatic hydroxyl groups is 2. The van der Waals surface area contributed by atoms with Gasteiger partial charge in [-0.15, -0.1) is 6.58 Å². The lowest BCUT2D eigenvalue weighted by molar-refractivity contribution is -0.0681. The highest BCUT2D eigenvalue weighted by molar-refractivity contribution is 5.22. The maximum atomic E-state index is 10.8. The van der Waals surface area contributed by atoms with Crippen LogP contribution in [0.1, 0.15) is 46.0 Å². The largest absolute Gasteiger partial charge is 0.396 e. The minimum Gasteiger partial charge on any atom is -0.396 e. The van der Waals surface area contributed by atoms with Gasteiger partial charge in [-0.05, 0) is 32.1 Å². The zero-order valence-electron chi connectivity index (χ0n) is 10.5. The summed E-state index contributed by atoms with van der Waals surface area (Å²) in [5.41, 5.74) is 0.296. The maximum absolute atomic E-state index is 10.8. The molecule has 0 aromatic heterocycles. The number of hydrogen-bond acceptors (Lipinski definition) is 2. The van der Waals surface area contributed by atoms with Gasteiger partial charge in [0.25, 0.3) is 0 Å². The Kier molecular flexibility index (Phi) is 4.34. The molecule has 0 amide bonds. The van der Waals surface area contributed by atoms with Gasteiger partial charge in [0.05, 0.1) is 5.60 Å². The van der Waals surface area contributed by atoms with Crippen molar-refractivity contribution in [3.05, 3.63) is 24.3 Å². The van der Waals surface area contributed by atoms with Crippen LogP contribution in [0.2, 0.25) is 0 Å². The van der Waals surface area contributed by atoms with E-state index in [1.807, 2.05) is 6.08 Å². The first kappa shape index (κ1) is 13.5.